The zero-order valence-corrected chi connectivity index (χ0v) is 11.0. The first-order chi connectivity index (χ1) is 8.54. The van der Waals surface area contributed by atoms with Gasteiger partial charge in [-0.3, -0.25) is 13.8 Å². The lowest BCUT2D eigenvalue weighted by Gasteiger charge is -2.17. The van der Waals surface area contributed by atoms with E-state index < -0.39 is 13.6 Å². The van der Waals surface area contributed by atoms with Crippen molar-refractivity contribution in [2.24, 2.45) is 0 Å². The molecule has 0 N–H and O–H groups in total. The Morgan fingerprint density at radius 2 is 1.89 bits per heavy atom. The Morgan fingerprint density at radius 1 is 1.28 bits per heavy atom. The summed E-state index contributed by atoms with van der Waals surface area (Å²) in [4.78, 5) is 10.4. The van der Waals surface area contributed by atoms with Gasteiger partial charge in [0.1, 0.15) is 6.29 Å². The quantitative estimate of drug-likeness (QED) is 0.565. The van der Waals surface area contributed by atoms with E-state index in [-0.39, 0.29) is 24.5 Å². The van der Waals surface area contributed by atoms with Gasteiger partial charge in [-0.1, -0.05) is 0 Å². The molecule has 0 saturated heterocycles. The molecule has 1 aromatic carbocycles. The highest BCUT2D eigenvalue weighted by atomic mass is 31.2. The maximum atomic E-state index is 13.5. The minimum absolute atomic E-state index is 0.102. The van der Waals surface area contributed by atoms with Crippen molar-refractivity contribution in [1.82, 2.24) is 0 Å². The first kappa shape index (κ1) is 14.8. The normalized spacial score (nSPS) is 11.3. The second-order valence-electron chi connectivity index (χ2n) is 3.18. The molecule has 5 nitrogen and oxygen atoms in total. The van der Waals surface area contributed by atoms with Crippen molar-refractivity contribution in [2.75, 3.05) is 13.2 Å². The van der Waals surface area contributed by atoms with Crippen molar-refractivity contribution in [3.8, 4) is 5.75 Å². The standard InChI is InChI=1S/C11H14FO5P/c1-3-15-18(14,16-4-2)17-11-6-5-9(8-13)7-10(11)12/h5-8H,3-4H2,1-2H3. The molecule has 0 radical (unpaired) electrons. The second-order valence-corrected chi connectivity index (χ2v) is 4.78. The summed E-state index contributed by atoms with van der Waals surface area (Å²) in [5, 5.41) is 0. The molecular formula is C11H14FO5P. The van der Waals surface area contributed by atoms with Gasteiger partial charge in [0, 0.05) is 5.56 Å². The van der Waals surface area contributed by atoms with Gasteiger partial charge in [0.25, 0.3) is 0 Å². The number of phosphoric ester groups is 1. The Morgan fingerprint density at radius 3 is 2.33 bits per heavy atom. The fourth-order valence-electron chi connectivity index (χ4n) is 1.19. The van der Waals surface area contributed by atoms with Crippen molar-refractivity contribution < 1.29 is 27.3 Å². The minimum Gasteiger partial charge on any atom is -0.401 e. The van der Waals surface area contributed by atoms with E-state index in [0.29, 0.717) is 6.29 Å². The summed E-state index contributed by atoms with van der Waals surface area (Å²) in [6.45, 7) is 3.43. The number of hydrogen-bond donors (Lipinski definition) is 0. The molecule has 7 heteroatoms. The van der Waals surface area contributed by atoms with E-state index in [1.54, 1.807) is 13.8 Å². The van der Waals surface area contributed by atoms with Gasteiger partial charge in [-0.05, 0) is 32.0 Å². The SMILES string of the molecule is CCOP(=O)(OCC)Oc1ccc(C=O)cc1F. The van der Waals surface area contributed by atoms with Crippen LogP contribution in [-0.4, -0.2) is 19.5 Å². The molecule has 0 spiro atoms. The molecule has 0 bridgehead atoms. The molecule has 1 rings (SSSR count). The van der Waals surface area contributed by atoms with Crippen molar-refractivity contribution in [2.45, 2.75) is 13.8 Å². The molecule has 0 aliphatic carbocycles. The van der Waals surface area contributed by atoms with Gasteiger partial charge in [-0.15, -0.1) is 0 Å². The van der Waals surface area contributed by atoms with Crippen molar-refractivity contribution >= 4 is 14.1 Å². The van der Waals surface area contributed by atoms with Gasteiger partial charge < -0.3 is 4.52 Å². The summed E-state index contributed by atoms with van der Waals surface area (Å²) in [5.41, 5.74) is 0.155. The van der Waals surface area contributed by atoms with Gasteiger partial charge in [0.05, 0.1) is 13.2 Å². The zero-order valence-electron chi connectivity index (χ0n) is 10.1. The van der Waals surface area contributed by atoms with E-state index in [2.05, 4.69) is 0 Å². The Hall–Kier alpha value is -1.23. The fraction of sp³-hybridized carbons (Fsp3) is 0.364. The molecule has 0 unspecified atom stereocenters. The van der Waals surface area contributed by atoms with E-state index in [1.165, 1.54) is 12.1 Å². The number of carbonyl (C=O) groups is 1. The lowest BCUT2D eigenvalue weighted by Crippen LogP contribution is -2.03. The van der Waals surface area contributed by atoms with Crippen LogP contribution in [0.4, 0.5) is 4.39 Å². The molecule has 0 aromatic heterocycles. The number of rotatable bonds is 7. The van der Waals surface area contributed by atoms with Crippen LogP contribution in [0.2, 0.25) is 0 Å². The Bertz CT molecular complexity index is 453. The molecule has 0 aliphatic rings. The predicted octanol–water partition coefficient (Wildman–Crippen LogP) is 3.20. The van der Waals surface area contributed by atoms with Crippen molar-refractivity contribution in [3.05, 3.63) is 29.6 Å². The first-order valence-electron chi connectivity index (χ1n) is 5.38. The Balaban J connectivity index is 2.93. The molecule has 0 heterocycles. The third-order valence-corrected chi connectivity index (χ3v) is 3.45. The van der Waals surface area contributed by atoms with Crippen LogP contribution >= 0.6 is 7.82 Å². The van der Waals surface area contributed by atoms with Crippen molar-refractivity contribution in [3.63, 3.8) is 0 Å². The molecule has 0 amide bonds. The largest absolute Gasteiger partial charge is 0.530 e. The summed E-state index contributed by atoms with van der Waals surface area (Å²) >= 11 is 0. The molecule has 0 saturated carbocycles. The monoisotopic (exact) mass is 276 g/mol. The van der Waals surface area contributed by atoms with Crippen LogP contribution in [0.15, 0.2) is 18.2 Å². The van der Waals surface area contributed by atoms with Crippen LogP contribution < -0.4 is 4.52 Å². The highest BCUT2D eigenvalue weighted by molar-refractivity contribution is 7.48. The summed E-state index contributed by atoms with van der Waals surface area (Å²) in [6.07, 6.45) is 0.498. The molecule has 0 aliphatic heterocycles. The van der Waals surface area contributed by atoms with E-state index in [0.717, 1.165) is 6.07 Å². The summed E-state index contributed by atoms with van der Waals surface area (Å²) in [5.74, 6) is -1.09. The van der Waals surface area contributed by atoms with Crippen LogP contribution in [-0.2, 0) is 13.6 Å². The summed E-state index contributed by atoms with van der Waals surface area (Å²) in [6, 6.07) is 3.52. The smallest absolute Gasteiger partial charge is 0.401 e. The van der Waals surface area contributed by atoms with E-state index in [1.807, 2.05) is 0 Å². The van der Waals surface area contributed by atoms with Crippen LogP contribution in [0.5, 0.6) is 5.75 Å². The number of hydrogen-bond acceptors (Lipinski definition) is 5. The van der Waals surface area contributed by atoms with Crippen molar-refractivity contribution in [1.29, 1.82) is 0 Å². The van der Waals surface area contributed by atoms with Gasteiger partial charge in [0.15, 0.2) is 11.6 Å². The molecule has 1 aromatic rings. The zero-order chi connectivity index (χ0) is 13.6. The van der Waals surface area contributed by atoms with Crippen LogP contribution in [0.25, 0.3) is 0 Å². The Labute approximate surface area is 104 Å². The third kappa shape index (κ3) is 3.91. The number of halogens is 1. The third-order valence-electron chi connectivity index (χ3n) is 1.88. The lowest BCUT2D eigenvalue weighted by atomic mass is 10.2. The fourth-order valence-corrected chi connectivity index (χ4v) is 2.39. The average Bonchev–Trinajstić information content (AvgIpc) is 2.32. The minimum atomic E-state index is -3.82. The Kier molecular flexibility index (Phi) is 5.47. The topological polar surface area (TPSA) is 61.8 Å². The number of carbonyl (C=O) groups excluding carboxylic acids is 1. The van der Waals surface area contributed by atoms with Gasteiger partial charge in [-0.2, -0.15) is 0 Å². The number of aldehydes is 1. The van der Waals surface area contributed by atoms with Gasteiger partial charge in [0.2, 0.25) is 0 Å². The van der Waals surface area contributed by atoms with Gasteiger partial charge in [-0.25, -0.2) is 8.96 Å². The van der Waals surface area contributed by atoms with Crippen LogP contribution in [0.3, 0.4) is 0 Å². The molecule has 100 valence electrons. The molecule has 18 heavy (non-hydrogen) atoms. The predicted molar refractivity (Wildman–Crippen MR) is 63.3 cm³/mol. The molecule has 0 fully saturated rings. The van der Waals surface area contributed by atoms with Crippen LogP contribution in [0, 0.1) is 5.82 Å². The summed E-state index contributed by atoms with van der Waals surface area (Å²) < 4.78 is 40.2. The highest BCUT2D eigenvalue weighted by Gasteiger charge is 2.28. The summed E-state index contributed by atoms with van der Waals surface area (Å²) in [7, 11) is -3.82. The second kappa shape index (κ2) is 6.64. The maximum Gasteiger partial charge on any atom is 0.530 e. The highest BCUT2D eigenvalue weighted by Crippen LogP contribution is 2.49. The average molecular weight is 276 g/mol. The molecular weight excluding hydrogens is 262 g/mol. The molecule has 0 atom stereocenters. The van der Waals surface area contributed by atoms with E-state index in [9.17, 15) is 13.8 Å². The van der Waals surface area contributed by atoms with E-state index in [4.69, 9.17) is 13.6 Å². The van der Waals surface area contributed by atoms with Gasteiger partial charge >= 0.3 is 7.82 Å². The first-order valence-corrected chi connectivity index (χ1v) is 6.84. The maximum absolute atomic E-state index is 13.5. The number of phosphoric acid groups is 1. The van der Waals surface area contributed by atoms with E-state index >= 15 is 0 Å². The lowest BCUT2D eigenvalue weighted by molar-refractivity contribution is 0.112. The van der Waals surface area contributed by atoms with Crippen LogP contribution in [0.1, 0.15) is 24.2 Å². The number of benzene rings is 1.